The van der Waals surface area contributed by atoms with E-state index in [-0.39, 0.29) is 29.2 Å². The molecule has 1 amide bonds. The SMILES string of the molecule is Cc1nc(Cl)nc2c1NC(=O)C1CS(=O)(=O)CCN21. The van der Waals surface area contributed by atoms with Crippen molar-refractivity contribution in [2.24, 2.45) is 0 Å². The van der Waals surface area contributed by atoms with Crippen molar-refractivity contribution < 1.29 is 13.2 Å². The Morgan fingerprint density at radius 1 is 1.42 bits per heavy atom. The Morgan fingerprint density at radius 3 is 2.89 bits per heavy atom. The largest absolute Gasteiger partial charge is 0.341 e. The van der Waals surface area contributed by atoms with Crippen LogP contribution in [0.5, 0.6) is 0 Å². The molecule has 0 saturated carbocycles. The highest BCUT2D eigenvalue weighted by molar-refractivity contribution is 7.91. The zero-order valence-electron chi connectivity index (χ0n) is 10.1. The number of halogens is 1. The molecule has 1 saturated heterocycles. The summed E-state index contributed by atoms with van der Waals surface area (Å²) in [5.74, 6) is -0.0302. The van der Waals surface area contributed by atoms with E-state index in [4.69, 9.17) is 11.6 Å². The topological polar surface area (TPSA) is 92.3 Å². The van der Waals surface area contributed by atoms with Crippen molar-refractivity contribution in [3.8, 4) is 0 Å². The summed E-state index contributed by atoms with van der Waals surface area (Å²) in [6, 6.07) is -0.739. The minimum Gasteiger partial charge on any atom is -0.341 e. The van der Waals surface area contributed by atoms with Gasteiger partial charge in [-0.2, -0.15) is 4.98 Å². The van der Waals surface area contributed by atoms with Crippen LogP contribution in [0.25, 0.3) is 0 Å². The summed E-state index contributed by atoms with van der Waals surface area (Å²) < 4.78 is 23.3. The Bertz CT molecular complexity index is 676. The number of anilines is 2. The third-order valence-corrected chi connectivity index (χ3v) is 5.09. The maximum absolute atomic E-state index is 12.0. The molecule has 1 aromatic heterocycles. The fourth-order valence-electron chi connectivity index (χ4n) is 2.36. The van der Waals surface area contributed by atoms with E-state index in [1.165, 1.54) is 0 Å². The molecule has 0 radical (unpaired) electrons. The fourth-order valence-corrected chi connectivity index (χ4v) is 4.02. The summed E-state index contributed by atoms with van der Waals surface area (Å²) in [7, 11) is -3.19. The molecule has 1 aromatic rings. The van der Waals surface area contributed by atoms with Crippen molar-refractivity contribution in [1.29, 1.82) is 0 Å². The molecule has 7 nitrogen and oxygen atoms in total. The number of nitrogens with zero attached hydrogens (tertiary/aromatic N) is 3. The molecule has 102 valence electrons. The normalized spacial score (nSPS) is 24.4. The lowest BCUT2D eigenvalue weighted by Crippen LogP contribution is -2.57. The smallest absolute Gasteiger partial charge is 0.248 e. The summed E-state index contributed by atoms with van der Waals surface area (Å²) in [5.41, 5.74) is 1.07. The maximum Gasteiger partial charge on any atom is 0.248 e. The molecule has 0 aliphatic carbocycles. The molecule has 2 aliphatic heterocycles. The third-order valence-electron chi connectivity index (χ3n) is 3.30. The number of hydrogen-bond donors (Lipinski definition) is 1. The first-order chi connectivity index (χ1) is 8.87. The second-order valence-electron chi connectivity index (χ2n) is 4.59. The second-order valence-corrected chi connectivity index (χ2v) is 7.16. The standard InChI is InChI=1S/C10H11ClN4O3S/c1-5-7-8(14-10(11)12-5)15-2-3-19(17,18)4-6(15)9(16)13-7/h6H,2-4H2,1H3,(H,13,16). The van der Waals surface area contributed by atoms with Crippen molar-refractivity contribution in [2.75, 3.05) is 28.3 Å². The van der Waals surface area contributed by atoms with Crippen LogP contribution < -0.4 is 10.2 Å². The second kappa shape index (κ2) is 4.04. The highest BCUT2D eigenvalue weighted by atomic mass is 35.5. The van der Waals surface area contributed by atoms with Crippen LogP contribution in [-0.2, 0) is 14.6 Å². The van der Waals surface area contributed by atoms with E-state index in [1.54, 1.807) is 11.8 Å². The lowest BCUT2D eigenvalue weighted by Gasteiger charge is -2.39. The van der Waals surface area contributed by atoms with Gasteiger partial charge in [0.15, 0.2) is 15.7 Å². The van der Waals surface area contributed by atoms with Crippen LogP contribution in [-0.4, -0.2) is 48.4 Å². The Balaban J connectivity index is 2.12. The number of carbonyl (C=O) groups is 1. The first-order valence-electron chi connectivity index (χ1n) is 5.69. The highest BCUT2D eigenvalue weighted by Crippen LogP contribution is 2.34. The molecular formula is C10H11ClN4O3S. The average molecular weight is 303 g/mol. The first kappa shape index (κ1) is 12.6. The molecule has 9 heteroatoms. The van der Waals surface area contributed by atoms with Crippen LogP contribution in [0.4, 0.5) is 11.5 Å². The summed E-state index contributed by atoms with van der Waals surface area (Å²) in [4.78, 5) is 21.8. The lowest BCUT2D eigenvalue weighted by molar-refractivity contribution is -0.117. The van der Waals surface area contributed by atoms with Gasteiger partial charge in [-0.3, -0.25) is 4.79 Å². The van der Waals surface area contributed by atoms with Crippen molar-refractivity contribution >= 4 is 38.9 Å². The van der Waals surface area contributed by atoms with Gasteiger partial charge in [-0.05, 0) is 18.5 Å². The van der Waals surface area contributed by atoms with Crippen LogP contribution in [0, 0.1) is 6.92 Å². The van der Waals surface area contributed by atoms with Crippen LogP contribution in [0.1, 0.15) is 5.69 Å². The molecule has 19 heavy (non-hydrogen) atoms. The molecule has 0 spiro atoms. The summed E-state index contributed by atoms with van der Waals surface area (Å²) in [5, 5.41) is 2.75. The van der Waals surface area contributed by atoms with Gasteiger partial charge < -0.3 is 10.2 Å². The number of rotatable bonds is 0. The van der Waals surface area contributed by atoms with Crippen molar-refractivity contribution in [1.82, 2.24) is 9.97 Å². The Labute approximate surface area is 114 Å². The Morgan fingerprint density at radius 2 is 2.16 bits per heavy atom. The van der Waals surface area contributed by atoms with Crippen molar-refractivity contribution in [3.63, 3.8) is 0 Å². The van der Waals surface area contributed by atoms with E-state index in [9.17, 15) is 13.2 Å². The summed E-state index contributed by atoms with van der Waals surface area (Å²) in [6.45, 7) is 1.95. The fraction of sp³-hybridized carbons (Fsp3) is 0.500. The van der Waals surface area contributed by atoms with Gasteiger partial charge in [0.1, 0.15) is 11.7 Å². The molecule has 1 unspecified atom stereocenters. The van der Waals surface area contributed by atoms with Gasteiger partial charge in [0.2, 0.25) is 11.2 Å². The number of amides is 1. The minimum absolute atomic E-state index is 0.0108. The summed E-state index contributed by atoms with van der Waals surface area (Å²) >= 11 is 5.83. The predicted molar refractivity (Wildman–Crippen MR) is 70.2 cm³/mol. The molecule has 1 N–H and O–H groups in total. The van der Waals surface area contributed by atoms with E-state index in [0.29, 0.717) is 17.2 Å². The van der Waals surface area contributed by atoms with Gasteiger partial charge in [0.25, 0.3) is 0 Å². The Hall–Kier alpha value is -1.41. The number of nitrogens with one attached hydrogen (secondary N) is 1. The van der Waals surface area contributed by atoms with Gasteiger partial charge >= 0.3 is 0 Å². The van der Waals surface area contributed by atoms with Crippen LogP contribution >= 0.6 is 11.6 Å². The van der Waals surface area contributed by atoms with Gasteiger partial charge in [-0.25, -0.2) is 13.4 Å². The number of hydrogen-bond acceptors (Lipinski definition) is 6. The number of aryl methyl sites for hydroxylation is 1. The maximum atomic E-state index is 12.0. The number of fused-ring (bicyclic) bond motifs is 3. The van der Waals surface area contributed by atoms with Gasteiger partial charge in [0.05, 0.1) is 17.2 Å². The molecule has 3 heterocycles. The molecule has 2 aliphatic rings. The third kappa shape index (κ3) is 2.04. The van der Waals surface area contributed by atoms with Gasteiger partial charge in [0, 0.05) is 6.54 Å². The first-order valence-corrected chi connectivity index (χ1v) is 7.89. The number of aromatic nitrogens is 2. The number of sulfone groups is 1. The lowest BCUT2D eigenvalue weighted by atomic mass is 10.1. The van der Waals surface area contributed by atoms with Crippen LogP contribution in [0.15, 0.2) is 0 Å². The Kier molecular flexibility index (Phi) is 2.68. The molecule has 1 atom stereocenters. The van der Waals surface area contributed by atoms with E-state index in [0.717, 1.165) is 0 Å². The molecular weight excluding hydrogens is 292 g/mol. The molecule has 0 bridgehead atoms. The quantitative estimate of drug-likeness (QED) is 0.678. The van der Waals surface area contributed by atoms with Crippen LogP contribution in [0.3, 0.4) is 0 Å². The van der Waals surface area contributed by atoms with Gasteiger partial charge in [-0.15, -0.1) is 0 Å². The summed E-state index contributed by atoms with van der Waals surface area (Å²) in [6.07, 6.45) is 0. The average Bonchev–Trinajstić information content (AvgIpc) is 2.30. The molecule has 0 aromatic carbocycles. The molecule has 1 fully saturated rings. The van der Waals surface area contributed by atoms with E-state index in [2.05, 4.69) is 15.3 Å². The van der Waals surface area contributed by atoms with Gasteiger partial charge in [-0.1, -0.05) is 0 Å². The number of carbonyl (C=O) groups excluding carboxylic acids is 1. The zero-order valence-corrected chi connectivity index (χ0v) is 11.6. The monoisotopic (exact) mass is 302 g/mol. The minimum atomic E-state index is -3.19. The van der Waals surface area contributed by atoms with Crippen LogP contribution in [0.2, 0.25) is 5.28 Å². The van der Waals surface area contributed by atoms with E-state index < -0.39 is 15.9 Å². The van der Waals surface area contributed by atoms with E-state index >= 15 is 0 Å². The van der Waals surface area contributed by atoms with Crippen molar-refractivity contribution in [3.05, 3.63) is 11.0 Å². The predicted octanol–water partition coefficient (Wildman–Crippen LogP) is -0.00608. The highest BCUT2D eigenvalue weighted by Gasteiger charge is 2.41. The van der Waals surface area contributed by atoms with Crippen molar-refractivity contribution in [2.45, 2.75) is 13.0 Å². The molecule has 3 rings (SSSR count). The zero-order chi connectivity index (χ0) is 13.8. The van der Waals surface area contributed by atoms with E-state index in [1.807, 2.05) is 0 Å².